The van der Waals surface area contributed by atoms with Crippen LogP contribution in [0.15, 0.2) is 24.3 Å². The zero-order valence-corrected chi connectivity index (χ0v) is 13.7. The van der Waals surface area contributed by atoms with Crippen molar-refractivity contribution in [3.8, 4) is 0 Å². The predicted molar refractivity (Wildman–Crippen MR) is 81.0 cm³/mol. The van der Waals surface area contributed by atoms with Gasteiger partial charge in [-0.3, -0.25) is 4.79 Å². The Morgan fingerprint density at radius 3 is 2.52 bits per heavy atom. The second-order valence-electron chi connectivity index (χ2n) is 6.93. The summed E-state index contributed by atoms with van der Waals surface area (Å²) in [4.78, 5) is 25.5. The summed E-state index contributed by atoms with van der Waals surface area (Å²) in [5, 5.41) is 0. The molecule has 0 aromatic heterocycles. The van der Waals surface area contributed by atoms with Gasteiger partial charge in [0, 0.05) is 5.56 Å². The maximum Gasteiger partial charge on any atom is 0.417 e. The summed E-state index contributed by atoms with van der Waals surface area (Å²) in [6.45, 7) is 6.06. The molecule has 2 rings (SSSR count). The monoisotopic (exact) mass is 325 g/mol. The van der Waals surface area contributed by atoms with E-state index in [1.807, 2.05) is 0 Å². The topological polar surface area (TPSA) is 46.6 Å². The second-order valence-corrected chi connectivity index (χ2v) is 6.93. The SMILES string of the molecule is CC(C)(C)OC(=O)N1C(=O)[C@](C)(F)CCC1c1ccccc1F. The van der Waals surface area contributed by atoms with Gasteiger partial charge in [0.1, 0.15) is 11.4 Å². The number of ether oxygens (including phenoxy) is 1. The molecule has 126 valence electrons. The molecule has 4 nitrogen and oxygen atoms in total. The molecule has 1 aliphatic rings. The van der Waals surface area contributed by atoms with Crippen LogP contribution < -0.4 is 0 Å². The molecular formula is C17H21F2NO3. The number of carbonyl (C=O) groups is 2. The highest BCUT2D eigenvalue weighted by Gasteiger charge is 2.49. The average molecular weight is 325 g/mol. The van der Waals surface area contributed by atoms with Crippen molar-refractivity contribution < 1.29 is 23.1 Å². The number of rotatable bonds is 1. The van der Waals surface area contributed by atoms with Crippen LogP contribution in [0.25, 0.3) is 0 Å². The molecule has 0 aliphatic carbocycles. The maximum atomic E-state index is 14.4. The first-order chi connectivity index (χ1) is 10.5. The Balaban J connectivity index is 2.42. The summed E-state index contributed by atoms with van der Waals surface area (Å²) in [5.74, 6) is -1.53. The van der Waals surface area contributed by atoms with Crippen LogP contribution in [0.5, 0.6) is 0 Å². The van der Waals surface area contributed by atoms with Crippen LogP contribution in [0.2, 0.25) is 0 Å². The molecule has 0 bridgehead atoms. The van der Waals surface area contributed by atoms with E-state index in [2.05, 4.69) is 0 Å². The number of hydrogen-bond acceptors (Lipinski definition) is 3. The van der Waals surface area contributed by atoms with Crippen LogP contribution in [-0.2, 0) is 9.53 Å². The molecule has 1 aromatic carbocycles. The van der Waals surface area contributed by atoms with Gasteiger partial charge in [-0.15, -0.1) is 0 Å². The summed E-state index contributed by atoms with van der Waals surface area (Å²) in [6, 6.07) is 4.99. The van der Waals surface area contributed by atoms with Crippen LogP contribution >= 0.6 is 0 Å². The molecule has 1 aliphatic heterocycles. The van der Waals surface area contributed by atoms with Gasteiger partial charge in [0.25, 0.3) is 5.91 Å². The molecular weight excluding hydrogens is 304 g/mol. The summed E-state index contributed by atoms with van der Waals surface area (Å²) >= 11 is 0. The van der Waals surface area contributed by atoms with Crippen LogP contribution in [0.3, 0.4) is 0 Å². The molecule has 2 atom stereocenters. The zero-order valence-electron chi connectivity index (χ0n) is 13.7. The van der Waals surface area contributed by atoms with Gasteiger partial charge in [0.2, 0.25) is 0 Å². The number of benzene rings is 1. The zero-order chi connectivity index (χ0) is 17.4. The molecule has 1 unspecified atom stereocenters. The van der Waals surface area contributed by atoms with Gasteiger partial charge in [-0.25, -0.2) is 18.5 Å². The van der Waals surface area contributed by atoms with Gasteiger partial charge in [0.15, 0.2) is 5.67 Å². The number of carbonyl (C=O) groups excluding carboxylic acids is 2. The highest BCUT2D eigenvalue weighted by atomic mass is 19.1. The molecule has 1 saturated heterocycles. The normalized spacial score (nSPS) is 25.4. The first-order valence-electron chi connectivity index (χ1n) is 7.53. The third-order valence-electron chi connectivity index (χ3n) is 3.72. The van der Waals surface area contributed by atoms with E-state index in [-0.39, 0.29) is 18.4 Å². The minimum atomic E-state index is -2.17. The fourth-order valence-corrected chi connectivity index (χ4v) is 2.60. The first-order valence-corrected chi connectivity index (χ1v) is 7.53. The number of piperidine rings is 1. The number of halogens is 2. The third kappa shape index (κ3) is 3.68. The average Bonchev–Trinajstić information content (AvgIpc) is 2.40. The van der Waals surface area contributed by atoms with E-state index in [0.29, 0.717) is 4.90 Å². The van der Waals surface area contributed by atoms with Gasteiger partial charge >= 0.3 is 6.09 Å². The van der Waals surface area contributed by atoms with Crippen molar-refractivity contribution in [3.63, 3.8) is 0 Å². The molecule has 0 N–H and O–H groups in total. The fraction of sp³-hybridized carbons (Fsp3) is 0.529. The summed E-state index contributed by atoms with van der Waals surface area (Å²) < 4.78 is 33.7. The predicted octanol–water partition coefficient (Wildman–Crippen LogP) is 4.15. The molecule has 0 spiro atoms. The Kier molecular flexibility index (Phi) is 4.46. The van der Waals surface area contributed by atoms with Crippen LogP contribution in [-0.4, -0.2) is 28.2 Å². The minimum absolute atomic E-state index is 0.0792. The summed E-state index contributed by atoms with van der Waals surface area (Å²) in [7, 11) is 0. The standard InChI is InChI=1S/C17H21F2NO3/c1-16(2,3)23-15(22)20-13(9-10-17(4,19)14(20)21)11-7-5-6-8-12(11)18/h5-8,13H,9-10H2,1-4H3/t13?,17-/m1/s1. The number of nitrogens with zero attached hydrogens (tertiary/aromatic N) is 1. The maximum absolute atomic E-state index is 14.4. The van der Waals surface area contributed by atoms with Crippen molar-refractivity contribution in [2.45, 2.75) is 57.8 Å². The van der Waals surface area contributed by atoms with Crippen molar-refractivity contribution in [1.29, 1.82) is 0 Å². The molecule has 6 heteroatoms. The molecule has 1 fully saturated rings. The van der Waals surface area contributed by atoms with Crippen molar-refractivity contribution in [2.24, 2.45) is 0 Å². The fourth-order valence-electron chi connectivity index (χ4n) is 2.60. The van der Waals surface area contributed by atoms with Gasteiger partial charge in [-0.1, -0.05) is 18.2 Å². The summed E-state index contributed by atoms with van der Waals surface area (Å²) in [5.41, 5.74) is -2.83. The number of hydrogen-bond donors (Lipinski definition) is 0. The van der Waals surface area contributed by atoms with E-state index < -0.39 is 35.1 Å². The van der Waals surface area contributed by atoms with Gasteiger partial charge < -0.3 is 4.74 Å². The Morgan fingerprint density at radius 1 is 1.35 bits per heavy atom. The van der Waals surface area contributed by atoms with Crippen molar-refractivity contribution in [1.82, 2.24) is 4.90 Å². The highest BCUT2D eigenvalue weighted by molar-refractivity contribution is 5.98. The largest absolute Gasteiger partial charge is 0.443 e. The van der Waals surface area contributed by atoms with E-state index in [4.69, 9.17) is 4.74 Å². The summed E-state index contributed by atoms with van der Waals surface area (Å²) in [6.07, 6.45) is -0.900. The lowest BCUT2D eigenvalue weighted by Gasteiger charge is -2.40. The Morgan fingerprint density at radius 2 is 1.96 bits per heavy atom. The van der Waals surface area contributed by atoms with E-state index in [9.17, 15) is 18.4 Å². The first kappa shape index (κ1) is 17.4. The molecule has 0 radical (unpaired) electrons. The van der Waals surface area contributed by atoms with E-state index in [1.54, 1.807) is 26.8 Å². The second kappa shape index (κ2) is 5.91. The van der Waals surface area contributed by atoms with Crippen LogP contribution in [0.1, 0.15) is 52.1 Å². The van der Waals surface area contributed by atoms with E-state index in [1.165, 1.54) is 18.2 Å². The number of amides is 2. The smallest absolute Gasteiger partial charge is 0.417 e. The van der Waals surface area contributed by atoms with Crippen molar-refractivity contribution in [3.05, 3.63) is 35.6 Å². The third-order valence-corrected chi connectivity index (χ3v) is 3.72. The lowest BCUT2D eigenvalue weighted by molar-refractivity contribution is -0.149. The molecule has 1 heterocycles. The van der Waals surface area contributed by atoms with E-state index in [0.717, 1.165) is 6.92 Å². The Labute approximate surface area is 134 Å². The lowest BCUT2D eigenvalue weighted by Crippen LogP contribution is -2.54. The number of imide groups is 1. The van der Waals surface area contributed by atoms with Crippen molar-refractivity contribution in [2.75, 3.05) is 0 Å². The number of alkyl halides is 1. The molecule has 2 amide bonds. The van der Waals surface area contributed by atoms with Crippen LogP contribution in [0.4, 0.5) is 13.6 Å². The van der Waals surface area contributed by atoms with E-state index >= 15 is 0 Å². The van der Waals surface area contributed by atoms with Crippen molar-refractivity contribution >= 4 is 12.0 Å². The molecule has 0 saturated carbocycles. The quantitative estimate of drug-likeness (QED) is 0.779. The molecule has 23 heavy (non-hydrogen) atoms. The van der Waals surface area contributed by atoms with Gasteiger partial charge in [0.05, 0.1) is 6.04 Å². The van der Waals surface area contributed by atoms with Gasteiger partial charge in [-0.2, -0.15) is 0 Å². The highest BCUT2D eigenvalue weighted by Crippen LogP contribution is 2.39. The van der Waals surface area contributed by atoms with Crippen LogP contribution in [0, 0.1) is 5.82 Å². The minimum Gasteiger partial charge on any atom is -0.443 e. The Bertz CT molecular complexity index is 623. The van der Waals surface area contributed by atoms with Gasteiger partial charge in [-0.05, 0) is 46.6 Å². The molecule has 1 aromatic rings. The number of likely N-dealkylation sites (tertiary alicyclic amines) is 1. The Hall–Kier alpha value is -1.98. The lowest BCUT2D eigenvalue weighted by atomic mass is 9.87.